The number of amides is 1. The molecule has 1 aromatic carbocycles. The lowest BCUT2D eigenvalue weighted by Crippen LogP contribution is -2.11. The molecule has 0 radical (unpaired) electrons. The Balaban J connectivity index is 1.54. The number of hydrogen-bond donors (Lipinski definition) is 1. The SMILES string of the molecule is COc1ccccc1-c1noc(CCCC(=O)Nc2nncs2)n1. The van der Waals surface area contributed by atoms with Crippen molar-refractivity contribution < 1.29 is 14.1 Å². The number of ether oxygens (including phenoxy) is 1. The maximum Gasteiger partial charge on any atom is 0.226 e. The number of hydrogen-bond acceptors (Lipinski definition) is 8. The molecule has 0 unspecified atom stereocenters. The lowest BCUT2D eigenvalue weighted by molar-refractivity contribution is -0.116. The monoisotopic (exact) mass is 345 g/mol. The summed E-state index contributed by atoms with van der Waals surface area (Å²) in [6.07, 6.45) is 1.45. The Hall–Kier alpha value is -2.81. The highest BCUT2D eigenvalue weighted by Crippen LogP contribution is 2.27. The summed E-state index contributed by atoms with van der Waals surface area (Å²) in [5, 5.41) is 14.6. The van der Waals surface area contributed by atoms with Crippen LogP contribution in [0.4, 0.5) is 5.13 Å². The largest absolute Gasteiger partial charge is 0.496 e. The molecule has 9 heteroatoms. The molecule has 0 atom stereocenters. The number of nitrogens with zero attached hydrogens (tertiary/aromatic N) is 4. The number of aromatic nitrogens is 4. The Kier molecular flexibility index (Phi) is 5.12. The second-order valence-electron chi connectivity index (χ2n) is 4.86. The molecule has 2 heterocycles. The Morgan fingerprint density at radius 2 is 2.25 bits per heavy atom. The van der Waals surface area contributed by atoms with E-state index in [0.29, 0.717) is 41.9 Å². The van der Waals surface area contributed by atoms with Crippen molar-refractivity contribution >= 4 is 22.4 Å². The van der Waals surface area contributed by atoms with Crippen molar-refractivity contribution in [2.75, 3.05) is 12.4 Å². The van der Waals surface area contributed by atoms with Crippen LogP contribution in [0.3, 0.4) is 0 Å². The molecule has 0 saturated heterocycles. The van der Waals surface area contributed by atoms with E-state index in [1.54, 1.807) is 12.6 Å². The van der Waals surface area contributed by atoms with Crippen molar-refractivity contribution in [1.82, 2.24) is 20.3 Å². The molecular weight excluding hydrogens is 330 g/mol. The molecule has 3 aromatic rings. The number of para-hydroxylation sites is 1. The first-order chi connectivity index (χ1) is 11.8. The van der Waals surface area contributed by atoms with Crippen LogP contribution in [-0.2, 0) is 11.2 Å². The zero-order chi connectivity index (χ0) is 16.8. The van der Waals surface area contributed by atoms with Gasteiger partial charge in [-0.15, -0.1) is 10.2 Å². The van der Waals surface area contributed by atoms with Gasteiger partial charge in [0.1, 0.15) is 11.3 Å². The van der Waals surface area contributed by atoms with E-state index in [1.807, 2.05) is 24.3 Å². The first-order valence-electron chi connectivity index (χ1n) is 7.28. The third kappa shape index (κ3) is 3.93. The van der Waals surface area contributed by atoms with Gasteiger partial charge in [-0.3, -0.25) is 4.79 Å². The summed E-state index contributed by atoms with van der Waals surface area (Å²) in [4.78, 5) is 16.1. The Bertz CT molecular complexity index is 803. The van der Waals surface area contributed by atoms with Crippen LogP contribution < -0.4 is 10.1 Å². The zero-order valence-corrected chi connectivity index (χ0v) is 13.7. The molecule has 1 N–H and O–H groups in total. The van der Waals surface area contributed by atoms with Crippen molar-refractivity contribution in [3.8, 4) is 17.1 Å². The number of anilines is 1. The molecular formula is C15H15N5O3S. The van der Waals surface area contributed by atoms with E-state index in [2.05, 4.69) is 25.7 Å². The first kappa shape index (κ1) is 16.1. The van der Waals surface area contributed by atoms with Crippen molar-refractivity contribution in [1.29, 1.82) is 0 Å². The van der Waals surface area contributed by atoms with E-state index in [4.69, 9.17) is 9.26 Å². The van der Waals surface area contributed by atoms with Gasteiger partial charge in [0.05, 0.1) is 12.7 Å². The Morgan fingerprint density at radius 3 is 3.04 bits per heavy atom. The van der Waals surface area contributed by atoms with Gasteiger partial charge < -0.3 is 14.6 Å². The minimum absolute atomic E-state index is 0.115. The fraction of sp³-hybridized carbons (Fsp3) is 0.267. The molecule has 3 rings (SSSR count). The van der Waals surface area contributed by atoms with E-state index in [1.165, 1.54) is 11.3 Å². The predicted molar refractivity (Wildman–Crippen MR) is 87.8 cm³/mol. The number of nitrogens with one attached hydrogen (secondary N) is 1. The minimum atomic E-state index is -0.115. The first-order valence-corrected chi connectivity index (χ1v) is 8.16. The molecule has 0 fully saturated rings. The third-order valence-corrected chi connectivity index (χ3v) is 3.82. The number of rotatable bonds is 7. The van der Waals surface area contributed by atoms with Gasteiger partial charge in [0, 0.05) is 12.8 Å². The highest BCUT2D eigenvalue weighted by Gasteiger charge is 2.13. The van der Waals surface area contributed by atoms with Gasteiger partial charge in [0.2, 0.25) is 22.8 Å². The number of aryl methyl sites for hydroxylation is 1. The predicted octanol–water partition coefficient (Wildman–Crippen LogP) is 2.56. The summed E-state index contributed by atoms with van der Waals surface area (Å²) >= 11 is 1.28. The molecule has 1 amide bonds. The smallest absolute Gasteiger partial charge is 0.226 e. The summed E-state index contributed by atoms with van der Waals surface area (Å²) in [7, 11) is 1.59. The lowest BCUT2D eigenvalue weighted by atomic mass is 10.2. The average Bonchev–Trinajstić information content (AvgIpc) is 3.27. The molecule has 0 aliphatic rings. The minimum Gasteiger partial charge on any atom is -0.496 e. The van der Waals surface area contributed by atoms with Crippen molar-refractivity contribution in [3.05, 3.63) is 35.7 Å². The van der Waals surface area contributed by atoms with Crippen LogP contribution in [0.2, 0.25) is 0 Å². The number of carbonyl (C=O) groups excluding carboxylic acids is 1. The molecule has 24 heavy (non-hydrogen) atoms. The van der Waals surface area contributed by atoms with Gasteiger partial charge in [-0.2, -0.15) is 4.98 Å². The molecule has 0 aliphatic carbocycles. The fourth-order valence-electron chi connectivity index (χ4n) is 2.10. The number of carbonyl (C=O) groups is 1. The molecule has 2 aromatic heterocycles. The van der Waals surface area contributed by atoms with Crippen LogP contribution in [-0.4, -0.2) is 33.4 Å². The van der Waals surface area contributed by atoms with Crippen molar-refractivity contribution in [2.24, 2.45) is 0 Å². The quantitative estimate of drug-likeness (QED) is 0.702. The van der Waals surface area contributed by atoms with E-state index in [-0.39, 0.29) is 5.91 Å². The Labute approximate surface area is 141 Å². The van der Waals surface area contributed by atoms with Gasteiger partial charge in [0.25, 0.3) is 0 Å². The second kappa shape index (κ2) is 7.64. The molecule has 0 aliphatic heterocycles. The normalized spacial score (nSPS) is 10.5. The van der Waals surface area contributed by atoms with Crippen LogP contribution >= 0.6 is 11.3 Å². The van der Waals surface area contributed by atoms with E-state index < -0.39 is 0 Å². The standard InChI is InChI=1S/C15H15N5O3S/c1-22-11-6-3-2-5-10(11)14-18-13(23-20-14)8-4-7-12(21)17-15-19-16-9-24-15/h2-3,5-6,9H,4,7-8H2,1H3,(H,17,19,21). The summed E-state index contributed by atoms with van der Waals surface area (Å²) in [5.74, 6) is 1.53. The summed E-state index contributed by atoms with van der Waals surface area (Å²) in [6, 6.07) is 7.46. The van der Waals surface area contributed by atoms with Crippen LogP contribution in [0.1, 0.15) is 18.7 Å². The van der Waals surface area contributed by atoms with Gasteiger partial charge in [0.15, 0.2) is 0 Å². The zero-order valence-electron chi connectivity index (χ0n) is 12.9. The maximum absolute atomic E-state index is 11.8. The molecule has 8 nitrogen and oxygen atoms in total. The average molecular weight is 345 g/mol. The topological polar surface area (TPSA) is 103 Å². The number of methoxy groups -OCH3 is 1. The highest BCUT2D eigenvalue weighted by molar-refractivity contribution is 7.13. The highest BCUT2D eigenvalue weighted by atomic mass is 32.1. The van der Waals surface area contributed by atoms with Gasteiger partial charge >= 0.3 is 0 Å². The molecule has 0 spiro atoms. The maximum atomic E-state index is 11.8. The molecule has 0 saturated carbocycles. The van der Waals surface area contributed by atoms with E-state index >= 15 is 0 Å². The van der Waals surface area contributed by atoms with Gasteiger partial charge in [-0.05, 0) is 18.6 Å². The van der Waals surface area contributed by atoms with Gasteiger partial charge in [-0.25, -0.2) is 0 Å². The van der Waals surface area contributed by atoms with Crippen LogP contribution in [0.15, 0.2) is 34.3 Å². The van der Waals surface area contributed by atoms with Crippen LogP contribution in [0.25, 0.3) is 11.4 Å². The van der Waals surface area contributed by atoms with E-state index in [0.717, 1.165) is 5.56 Å². The van der Waals surface area contributed by atoms with Crippen LogP contribution in [0, 0.1) is 0 Å². The van der Waals surface area contributed by atoms with Crippen molar-refractivity contribution in [3.63, 3.8) is 0 Å². The van der Waals surface area contributed by atoms with Crippen LogP contribution in [0.5, 0.6) is 5.75 Å². The summed E-state index contributed by atoms with van der Waals surface area (Å²) < 4.78 is 10.5. The summed E-state index contributed by atoms with van der Waals surface area (Å²) in [5.41, 5.74) is 2.33. The lowest BCUT2D eigenvalue weighted by Gasteiger charge is -2.03. The molecule has 124 valence electrons. The van der Waals surface area contributed by atoms with Crippen molar-refractivity contribution in [2.45, 2.75) is 19.3 Å². The molecule has 0 bridgehead atoms. The third-order valence-electron chi connectivity index (χ3n) is 3.22. The Morgan fingerprint density at radius 1 is 1.38 bits per heavy atom. The fourth-order valence-corrected chi connectivity index (χ4v) is 2.57. The second-order valence-corrected chi connectivity index (χ2v) is 5.69. The summed E-state index contributed by atoms with van der Waals surface area (Å²) in [6.45, 7) is 0. The van der Waals surface area contributed by atoms with E-state index in [9.17, 15) is 4.79 Å². The van der Waals surface area contributed by atoms with Gasteiger partial charge in [-0.1, -0.05) is 28.6 Å². The number of benzene rings is 1.